The van der Waals surface area contributed by atoms with Crippen LogP contribution in [0.15, 0.2) is 48.7 Å². The van der Waals surface area contributed by atoms with Gasteiger partial charge in [0.25, 0.3) is 5.91 Å². The zero-order valence-electron chi connectivity index (χ0n) is 14.5. The molecular formula is C20H22N4O. The lowest BCUT2D eigenvalue weighted by atomic mass is 10.1. The summed E-state index contributed by atoms with van der Waals surface area (Å²) in [6.45, 7) is 4.31. The molecule has 0 unspecified atom stereocenters. The monoisotopic (exact) mass is 334 g/mol. The first-order valence-electron chi connectivity index (χ1n) is 8.25. The van der Waals surface area contributed by atoms with E-state index in [1.165, 1.54) is 5.56 Å². The number of hydrogen-bond donors (Lipinski definition) is 3. The van der Waals surface area contributed by atoms with Crippen molar-refractivity contribution in [2.45, 2.75) is 26.8 Å². The van der Waals surface area contributed by atoms with Gasteiger partial charge in [0.2, 0.25) is 0 Å². The molecule has 1 aromatic carbocycles. The quantitative estimate of drug-likeness (QED) is 0.670. The number of carbonyl (C=O) groups excluding carboxylic acids is 1. The van der Waals surface area contributed by atoms with Gasteiger partial charge in [-0.25, -0.2) is 4.98 Å². The van der Waals surface area contributed by atoms with Gasteiger partial charge in [0.15, 0.2) is 0 Å². The molecule has 0 fully saturated rings. The molecule has 0 aliphatic rings. The molecule has 0 aliphatic carbocycles. The molecule has 2 aromatic heterocycles. The highest BCUT2D eigenvalue weighted by Gasteiger charge is 2.11. The summed E-state index contributed by atoms with van der Waals surface area (Å²) in [5.74, 6) is 0.396. The van der Waals surface area contributed by atoms with Gasteiger partial charge >= 0.3 is 0 Å². The van der Waals surface area contributed by atoms with E-state index in [0.717, 1.165) is 28.9 Å². The Morgan fingerprint density at radius 1 is 1.20 bits per heavy atom. The molecule has 0 aliphatic heterocycles. The maximum absolute atomic E-state index is 12.4. The second kappa shape index (κ2) is 7.21. The average molecular weight is 334 g/mol. The van der Waals surface area contributed by atoms with Crippen LogP contribution < -0.4 is 11.1 Å². The highest BCUT2D eigenvalue weighted by atomic mass is 16.1. The maximum Gasteiger partial charge on any atom is 0.253 e. The summed E-state index contributed by atoms with van der Waals surface area (Å²) in [6, 6.07) is 13.9. The molecule has 3 aromatic rings. The molecule has 3 rings (SSSR count). The van der Waals surface area contributed by atoms with E-state index in [1.54, 1.807) is 6.20 Å². The molecule has 5 heteroatoms. The first-order valence-corrected chi connectivity index (χ1v) is 8.25. The highest BCUT2D eigenvalue weighted by Crippen LogP contribution is 2.15. The smallest absolute Gasteiger partial charge is 0.253 e. The molecule has 25 heavy (non-hydrogen) atoms. The average Bonchev–Trinajstić information content (AvgIpc) is 3.03. The zero-order valence-corrected chi connectivity index (χ0v) is 14.5. The van der Waals surface area contributed by atoms with Crippen LogP contribution in [0.5, 0.6) is 0 Å². The number of hydrogen-bond acceptors (Lipinski definition) is 3. The third-order valence-corrected chi connectivity index (χ3v) is 4.24. The Morgan fingerprint density at radius 2 is 1.96 bits per heavy atom. The van der Waals surface area contributed by atoms with Crippen LogP contribution in [0.25, 0.3) is 0 Å². The van der Waals surface area contributed by atoms with Crippen LogP contribution in [0.1, 0.15) is 38.4 Å². The standard InChI is InChI=1S/C20H22N4O/c1-13-8-19(21)24-14(2)18(13)12-23-20(25)16-10-17(22-11-16)9-15-6-4-3-5-7-15/h3-8,10-11,22H,9,12H2,1-2H3,(H2,21,24)(H,23,25). The summed E-state index contributed by atoms with van der Waals surface area (Å²) in [5, 5.41) is 2.95. The van der Waals surface area contributed by atoms with Gasteiger partial charge in [-0.1, -0.05) is 30.3 Å². The summed E-state index contributed by atoms with van der Waals surface area (Å²) >= 11 is 0. The van der Waals surface area contributed by atoms with Gasteiger partial charge in [-0.15, -0.1) is 0 Å². The van der Waals surface area contributed by atoms with E-state index in [1.807, 2.05) is 44.2 Å². The number of amides is 1. The van der Waals surface area contributed by atoms with Crippen LogP contribution in [0.2, 0.25) is 0 Å². The lowest BCUT2D eigenvalue weighted by molar-refractivity contribution is 0.0951. The second-order valence-electron chi connectivity index (χ2n) is 6.19. The number of nitrogens with two attached hydrogens (primary N) is 1. The minimum absolute atomic E-state index is 0.105. The van der Waals surface area contributed by atoms with E-state index >= 15 is 0 Å². The maximum atomic E-state index is 12.4. The van der Waals surface area contributed by atoms with Gasteiger partial charge in [0, 0.05) is 30.6 Å². The van der Waals surface area contributed by atoms with Crippen LogP contribution in [0.3, 0.4) is 0 Å². The van der Waals surface area contributed by atoms with Crippen molar-refractivity contribution in [1.29, 1.82) is 0 Å². The molecule has 128 valence electrons. The molecule has 0 bridgehead atoms. The Bertz CT molecular complexity index is 861. The predicted octanol–water partition coefficient (Wildman–Crippen LogP) is 3.13. The summed E-state index contributed by atoms with van der Waals surface area (Å²) in [5.41, 5.74) is 11.5. The van der Waals surface area contributed by atoms with Crippen molar-refractivity contribution in [3.63, 3.8) is 0 Å². The molecule has 0 radical (unpaired) electrons. The Labute approximate surface area is 147 Å². The van der Waals surface area contributed by atoms with Gasteiger partial charge in [-0.2, -0.15) is 0 Å². The molecule has 0 saturated heterocycles. The summed E-state index contributed by atoms with van der Waals surface area (Å²) in [7, 11) is 0. The summed E-state index contributed by atoms with van der Waals surface area (Å²) < 4.78 is 0. The van der Waals surface area contributed by atoms with Gasteiger partial charge in [0.1, 0.15) is 5.82 Å². The number of aryl methyl sites for hydroxylation is 2. The van der Waals surface area contributed by atoms with E-state index in [0.29, 0.717) is 17.9 Å². The topological polar surface area (TPSA) is 83.8 Å². The van der Waals surface area contributed by atoms with E-state index < -0.39 is 0 Å². The normalized spacial score (nSPS) is 10.6. The Balaban J connectivity index is 1.64. The third-order valence-electron chi connectivity index (χ3n) is 4.24. The highest BCUT2D eigenvalue weighted by molar-refractivity contribution is 5.94. The molecule has 0 spiro atoms. The largest absolute Gasteiger partial charge is 0.384 e. The van der Waals surface area contributed by atoms with Crippen molar-refractivity contribution in [3.8, 4) is 0 Å². The van der Waals surface area contributed by atoms with Crippen LogP contribution in [-0.2, 0) is 13.0 Å². The predicted molar refractivity (Wildman–Crippen MR) is 99.3 cm³/mol. The van der Waals surface area contributed by atoms with Crippen molar-refractivity contribution < 1.29 is 4.79 Å². The lowest BCUT2D eigenvalue weighted by Gasteiger charge is -2.11. The van der Waals surface area contributed by atoms with Crippen LogP contribution in [0.4, 0.5) is 5.82 Å². The minimum Gasteiger partial charge on any atom is -0.384 e. The van der Waals surface area contributed by atoms with E-state index in [-0.39, 0.29) is 5.91 Å². The minimum atomic E-state index is -0.105. The van der Waals surface area contributed by atoms with Crippen molar-refractivity contribution >= 4 is 11.7 Å². The number of benzene rings is 1. The molecule has 1 amide bonds. The number of aromatic amines is 1. The summed E-state index contributed by atoms with van der Waals surface area (Å²) in [4.78, 5) is 19.8. The number of nitrogens with one attached hydrogen (secondary N) is 2. The van der Waals surface area contributed by atoms with Gasteiger partial charge in [0.05, 0.1) is 5.56 Å². The number of rotatable bonds is 5. The van der Waals surface area contributed by atoms with Crippen LogP contribution in [-0.4, -0.2) is 15.9 Å². The lowest BCUT2D eigenvalue weighted by Crippen LogP contribution is -2.23. The second-order valence-corrected chi connectivity index (χ2v) is 6.19. The number of H-pyrrole nitrogens is 1. The van der Waals surface area contributed by atoms with Crippen LogP contribution >= 0.6 is 0 Å². The van der Waals surface area contributed by atoms with Crippen molar-refractivity contribution in [3.05, 3.63) is 82.3 Å². The molecule has 5 nitrogen and oxygen atoms in total. The SMILES string of the molecule is Cc1cc(N)nc(C)c1CNC(=O)c1c[nH]c(Cc2ccccc2)c1. The van der Waals surface area contributed by atoms with Crippen molar-refractivity contribution in [2.75, 3.05) is 5.73 Å². The number of aromatic nitrogens is 2. The fraction of sp³-hybridized carbons (Fsp3) is 0.200. The fourth-order valence-corrected chi connectivity index (χ4v) is 2.92. The Morgan fingerprint density at radius 3 is 2.68 bits per heavy atom. The Hall–Kier alpha value is -3.08. The molecule has 4 N–H and O–H groups in total. The first-order chi connectivity index (χ1) is 12.0. The number of nitrogens with zero attached hydrogens (tertiary/aromatic N) is 1. The van der Waals surface area contributed by atoms with Gasteiger partial charge in [-0.05, 0) is 42.7 Å². The fourth-order valence-electron chi connectivity index (χ4n) is 2.92. The molecule has 0 saturated carbocycles. The van der Waals surface area contributed by atoms with Gasteiger partial charge < -0.3 is 16.0 Å². The Kier molecular flexibility index (Phi) is 4.84. The zero-order chi connectivity index (χ0) is 17.8. The van der Waals surface area contributed by atoms with Crippen molar-refractivity contribution in [1.82, 2.24) is 15.3 Å². The van der Waals surface area contributed by atoms with Gasteiger partial charge in [-0.3, -0.25) is 4.79 Å². The summed E-state index contributed by atoms with van der Waals surface area (Å²) in [6.07, 6.45) is 2.52. The molecule has 2 heterocycles. The van der Waals surface area contributed by atoms with E-state index in [4.69, 9.17) is 5.73 Å². The molecular weight excluding hydrogens is 312 g/mol. The first kappa shape index (κ1) is 16.8. The van der Waals surface area contributed by atoms with Crippen LogP contribution in [0, 0.1) is 13.8 Å². The number of anilines is 1. The van der Waals surface area contributed by atoms with E-state index in [2.05, 4.69) is 27.4 Å². The third kappa shape index (κ3) is 4.07. The number of pyridine rings is 1. The number of carbonyl (C=O) groups is 1. The molecule has 0 atom stereocenters. The van der Waals surface area contributed by atoms with Crippen molar-refractivity contribution in [2.24, 2.45) is 0 Å². The number of nitrogen functional groups attached to an aromatic ring is 1. The van der Waals surface area contributed by atoms with E-state index in [9.17, 15) is 4.79 Å².